The van der Waals surface area contributed by atoms with E-state index in [-0.39, 0.29) is 12.4 Å². The van der Waals surface area contributed by atoms with Gasteiger partial charge in [-0.1, -0.05) is 6.08 Å². The van der Waals surface area contributed by atoms with Crippen molar-refractivity contribution in [3.63, 3.8) is 0 Å². The monoisotopic (exact) mass is 248 g/mol. The Morgan fingerprint density at radius 3 is 2.88 bits per heavy atom. The number of dihydropyridines is 1. The number of rotatable bonds is 1. The van der Waals surface area contributed by atoms with Crippen LogP contribution in [0.5, 0.6) is 5.75 Å². The van der Waals surface area contributed by atoms with Crippen LogP contribution in [-0.2, 0) is 0 Å². The molecule has 0 bridgehead atoms. The van der Waals surface area contributed by atoms with Gasteiger partial charge in [0.1, 0.15) is 5.75 Å². The van der Waals surface area contributed by atoms with Crippen LogP contribution in [0, 0.1) is 0 Å². The lowest BCUT2D eigenvalue weighted by molar-refractivity contribution is 0.415. The van der Waals surface area contributed by atoms with E-state index in [1.165, 1.54) is 11.1 Å². The van der Waals surface area contributed by atoms with Gasteiger partial charge in [0.15, 0.2) is 0 Å². The van der Waals surface area contributed by atoms with Crippen LogP contribution in [0.25, 0.3) is 5.57 Å². The molecule has 3 nitrogen and oxygen atoms in total. The Bertz CT molecular complexity index is 559. The first-order valence-electron chi connectivity index (χ1n) is 5.28. The smallest absolute Gasteiger partial charge is 0.121 e. The van der Waals surface area contributed by atoms with Crippen molar-refractivity contribution in [3.05, 3.63) is 29.8 Å². The highest BCUT2D eigenvalue weighted by atomic mass is 35.5. The van der Waals surface area contributed by atoms with E-state index in [1.54, 1.807) is 7.11 Å². The second kappa shape index (κ2) is 4.34. The minimum atomic E-state index is 0. The average Bonchev–Trinajstić information content (AvgIpc) is 2.68. The average molecular weight is 249 g/mol. The van der Waals surface area contributed by atoms with Crippen molar-refractivity contribution in [2.45, 2.75) is 6.92 Å². The zero-order valence-corrected chi connectivity index (χ0v) is 10.5. The molecule has 0 saturated carbocycles. The topological polar surface area (TPSA) is 34.0 Å². The minimum Gasteiger partial charge on any atom is -0.497 e. The van der Waals surface area contributed by atoms with Crippen LogP contribution >= 0.6 is 12.4 Å². The van der Waals surface area contributed by atoms with Gasteiger partial charge in [0.25, 0.3) is 0 Å². The molecule has 2 aliphatic rings. The lowest BCUT2D eigenvalue weighted by atomic mass is 9.98. The minimum absolute atomic E-state index is 0. The Kier molecular flexibility index (Phi) is 3.03. The van der Waals surface area contributed by atoms with Gasteiger partial charge < -0.3 is 4.74 Å². The van der Waals surface area contributed by atoms with Crippen LogP contribution < -0.4 is 4.74 Å². The lowest BCUT2D eigenvalue weighted by Gasteiger charge is -2.09. The highest BCUT2D eigenvalue weighted by molar-refractivity contribution is 6.60. The summed E-state index contributed by atoms with van der Waals surface area (Å²) in [7, 11) is 1.67. The summed E-state index contributed by atoms with van der Waals surface area (Å²) in [6.07, 6.45) is 2.13. The molecule has 0 spiro atoms. The third kappa shape index (κ3) is 1.76. The molecule has 0 atom stereocenters. The molecule has 2 heterocycles. The number of hydrogen-bond donors (Lipinski definition) is 0. The zero-order chi connectivity index (χ0) is 11.1. The van der Waals surface area contributed by atoms with Crippen molar-refractivity contribution >= 4 is 35.1 Å². The van der Waals surface area contributed by atoms with Crippen LogP contribution in [0.3, 0.4) is 0 Å². The third-order valence-electron chi connectivity index (χ3n) is 2.95. The van der Waals surface area contributed by atoms with Gasteiger partial charge in [-0.25, -0.2) is 4.99 Å². The van der Waals surface area contributed by atoms with Crippen molar-refractivity contribution in [2.75, 3.05) is 13.7 Å². The maximum Gasteiger partial charge on any atom is 0.121 e. The maximum atomic E-state index is 5.20. The molecule has 4 heteroatoms. The number of aliphatic imine (C=N–C) groups is 2. The van der Waals surface area contributed by atoms with Gasteiger partial charge in [-0.15, -0.1) is 12.4 Å². The first-order chi connectivity index (χ1) is 7.79. The van der Waals surface area contributed by atoms with Crippen LogP contribution in [-0.4, -0.2) is 25.1 Å². The van der Waals surface area contributed by atoms with E-state index >= 15 is 0 Å². The van der Waals surface area contributed by atoms with E-state index in [9.17, 15) is 0 Å². The first kappa shape index (κ1) is 11.9. The Morgan fingerprint density at radius 1 is 1.29 bits per heavy atom. The summed E-state index contributed by atoms with van der Waals surface area (Å²) in [6, 6.07) is 6.00. The van der Waals surface area contributed by atoms with Crippen molar-refractivity contribution in [3.8, 4) is 5.75 Å². The molecular formula is C13H13ClN2O. The molecule has 88 valence electrons. The van der Waals surface area contributed by atoms with Crippen LogP contribution in [0.2, 0.25) is 0 Å². The number of nitrogens with zero attached hydrogens (tertiary/aromatic N) is 2. The van der Waals surface area contributed by atoms with Gasteiger partial charge in [0, 0.05) is 17.2 Å². The first-order valence-corrected chi connectivity index (χ1v) is 5.28. The second-order valence-corrected chi connectivity index (χ2v) is 3.89. The molecule has 17 heavy (non-hydrogen) atoms. The summed E-state index contributed by atoms with van der Waals surface area (Å²) in [5, 5.41) is 0. The van der Waals surface area contributed by atoms with Gasteiger partial charge in [-0.2, -0.15) is 0 Å². The number of fused-ring (bicyclic) bond motifs is 3. The van der Waals surface area contributed by atoms with Gasteiger partial charge in [0.2, 0.25) is 0 Å². The largest absolute Gasteiger partial charge is 0.497 e. The molecule has 3 rings (SSSR count). The molecule has 0 aromatic heterocycles. The molecule has 0 radical (unpaired) electrons. The quantitative estimate of drug-likeness (QED) is 0.752. The molecule has 0 N–H and O–H groups in total. The van der Waals surface area contributed by atoms with Gasteiger partial charge in [-0.3, -0.25) is 4.99 Å². The molecule has 0 unspecified atom stereocenters. The second-order valence-electron chi connectivity index (χ2n) is 3.89. The maximum absolute atomic E-state index is 5.20. The third-order valence-corrected chi connectivity index (χ3v) is 2.95. The summed E-state index contributed by atoms with van der Waals surface area (Å²) >= 11 is 0. The summed E-state index contributed by atoms with van der Waals surface area (Å²) in [4.78, 5) is 8.98. The lowest BCUT2D eigenvalue weighted by Crippen LogP contribution is -2.13. The van der Waals surface area contributed by atoms with E-state index in [4.69, 9.17) is 4.74 Å². The van der Waals surface area contributed by atoms with Gasteiger partial charge in [-0.05, 0) is 19.1 Å². The molecule has 0 fully saturated rings. The van der Waals surface area contributed by atoms with Crippen LogP contribution in [0.1, 0.15) is 12.5 Å². The molecule has 0 amide bonds. The Hall–Kier alpha value is -1.61. The summed E-state index contributed by atoms with van der Waals surface area (Å²) in [5.74, 6) is 0.844. The predicted octanol–water partition coefficient (Wildman–Crippen LogP) is 3.06. The molecule has 1 aromatic carbocycles. The fourth-order valence-corrected chi connectivity index (χ4v) is 2.10. The summed E-state index contributed by atoms with van der Waals surface area (Å²) in [5.41, 5.74) is 5.41. The Balaban J connectivity index is 0.00000108. The fourth-order valence-electron chi connectivity index (χ4n) is 2.10. The van der Waals surface area contributed by atoms with Gasteiger partial charge in [0.05, 0.1) is 30.8 Å². The number of benzene rings is 1. The summed E-state index contributed by atoms with van der Waals surface area (Å²) in [6.45, 7) is 2.76. The fraction of sp³-hybridized carbons (Fsp3) is 0.231. The number of ether oxygens (including phenoxy) is 1. The highest BCUT2D eigenvalue weighted by Gasteiger charge is 2.24. The standard InChI is InChI=1S/C13H12N2O.ClH/c1-8-13-11(5-6-14-8)10-4-3-9(16-2)7-12(10)15-13;/h3-5,7H,6H2,1-2H3;1H. The van der Waals surface area contributed by atoms with Gasteiger partial charge >= 0.3 is 0 Å². The highest BCUT2D eigenvalue weighted by Crippen LogP contribution is 2.38. The number of halogens is 1. The predicted molar refractivity (Wildman–Crippen MR) is 73.3 cm³/mol. The number of methoxy groups -OCH3 is 1. The van der Waals surface area contributed by atoms with Crippen molar-refractivity contribution in [2.24, 2.45) is 9.98 Å². The summed E-state index contributed by atoms with van der Waals surface area (Å²) < 4.78 is 5.20. The number of hydrogen-bond acceptors (Lipinski definition) is 3. The SMILES string of the molecule is COc1ccc2c(c1)N=C1C2=CCN=C1C.Cl. The van der Waals surface area contributed by atoms with E-state index in [0.717, 1.165) is 29.4 Å². The molecule has 0 aliphatic carbocycles. The van der Waals surface area contributed by atoms with Crippen molar-refractivity contribution in [1.29, 1.82) is 0 Å². The van der Waals surface area contributed by atoms with Crippen LogP contribution in [0.4, 0.5) is 5.69 Å². The molecular weight excluding hydrogens is 236 g/mol. The van der Waals surface area contributed by atoms with E-state index in [1.807, 2.05) is 19.1 Å². The van der Waals surface area contributed by atoms with E-state index in [2.05, 4.69) is 22.1 Å². The molecule has 2 aliphatic heterocycles. The molecule has 0 saturated heterocycles. The van der Waals surface area contributed by atoms with Crippen LogP contribution in [0.15, 0.2) is 34.3 Å². The Labute approximate surface area is 106 Å². The number of allylic oxidation sites excluding steroid dienone is 1. The van der Waals surface area contributed by atoms with E-state index < -0.39 is 0 Å². The van der Waals surface area contributed by atoms with Crippen molar-refractivity contribution < 1.29 is 4.74 Å². The molecule has 1 aromatic rings. The zero-order valence-electron chi connectivity index (χ0n) is 9.73. The Morgan fingerprint density at radius 2 is 2.12 bits per heavy atom. The van der Waals surface area contributed by atoms with E-state index in [0.29, 0.717) is 0 Å². The normalized spacial score (nSPS) is 16.0. The van der Waals surface area contributed by atoms with Crippen molar-refractivity contribution in [1.82, 2.24) is 0 Å².